The topological polar surface area (TPSA) is 58.2 Å². The summed E-state index contributed by atoms with van der Waals surface area (Å²) < 4.78 is 26.0. The molecule has 108 valence electrons. The van der Waals surface area contributed by atoms with Gasteiger partial charge in [0.25, 0.3) is 0 Å². The fraction of sp³-hybridized carbons (Fsp3) is 0.286. The number of aryl methyl sites for hydroxylation is 1. The molecule has 0 amide bonds. The van der Waals surface area contributed by atoms with Gasteiger partial charge in [-0.2, -0.15) is 11.3 Å². The molecular formula is C14H18N2O2S2. The van der Waals surface area contributed by atoms with E-state index in [4.69, 9.17) is 0 Å². The highest BCUT2D eigenvalue weighted by atomic mass is 32.2. The van der Waals surface area contributed by atoms with Gasteiger partial charge >= 0.3 is 0 Å². The van der Waals surface area contributed by atoms with Crippen LogP contribution in [0.1, 0.15) is 24.1 Å². The molecule has 2 N–H and O–H groups in total. The molecule has 2 rings (SSSR count). The van der Waals surface area contributed by atoms with Crippen LogP contribution in [0, 0.1) is 6.92 Å². The molecule has 20 heavy (non-hydrogen) atoms. The van der Waals surface area contributed by atoms with Crippen molar-refractivity contribution in [2.45, 2.75) is 24.8 Å². The number of hydrogen-bond acceptors (Lipinski definition) is 4. The van der Waals surface area contributed by atoms with Crippen LogP contribution in [0.4, 0.5) is 5.69 Å². The maximum atomic E-state index is 11.8. The fourth-order valence-corrected chi connectivity index (χ4v) is 3.39. The molecule has 1 aromatic carbocycles. The highest BCUT2D eigenvalue weighted by Crippen LogP contribution is 2.25. The van der Waals surface area contributed by atoms with Gasteiger partial charge in [-0.3, -0.25) is 0 Å². The Bertz CT molecular complexity index is 679. The molecule has 0 bridgehead atoms. The van der Waals surface area contributed by atoms with E-state index < -0.39 is 10.0 Å². The molecule has 0 fully saturated rings. The lowest BCUT2D eigenvalue weighted by molar-refractivity contribution is 0.588. The first-order chi connectivity index (χ1) is 9.44. The minimum absolute atomic E-state index is 0.132. The Hall–Kier alpha value is -1.37. The van der Waals surface area contributed by atoms with Crippen LogP contribution in [-0.4, -0.2) is 15.5 Å². The van der Waals surface area contributed by atoms with Gasteiger partial charge in [-0.05, 0) is 61.0 Å². The predicted molar refractivity (Wildman–Crippen MR) is 83.8 cm³/mol. The Morgan fingerprint density at radius 3 is 2.60 bits per heavy atom. The zero-order chi connectivity index (χ0) is 14.8. The standard InChI is InChI=1S/C14H18N2O2S2/c1-10-4-5-13(20(17,18)15-3)8-14(10)16-11(2)12-6-7-19-9-12/h4-9,11,15-16H,1-3H3. The van der Waals surface area contributed by atoms with Crippen molar-refractivity contribution in [2.75, 3.05) is 12.4 Å². The second kappa shape index (κ2) is 5.95. The molecule has 6 heteroatoms. The third-order valence-electron chi connectivity index (χ3n) is 3.20. The number of thiophene rings is 1. The van der Waals surface area contributed by atoms with Gasteiger partial charge in [0.1, 0.15) is 0 Å². The summed E-state index contributed by atoms with van der Waals surface area (Å²) in [6.45, 7) is 4.01. The minimum atomic E-state index is -3.41. The van der Waals surface area contributed by atoms with Crippen LogP contribution in [-0.2, 0) is 10.0 Å². The van der Waals surface area contributed by atoms with Crippen LogP contribution >= 0.6 is 11.3 Å². The first-order valence-corrected chi connectivity index (χ1v) is 8.69. The lowest BCUT2D eigenvalue weighted by atomic mass is 10.1. The third kappa shape index (κ3) is 3.20. The Labute approximate surface area is 123 Å². The number of benzene rings is 1. The van der Waals surface area contributed by atoms with E-state index >= 15 is 0 Å². The lowest BCUT2D eigenvalue weighted by Crippen LogP contribution is -2.19. The highest BCUT2D eigenvalue weighted by Gasteiger charge is 2.14. The number of sulfonamides is 1. The van der Waals surface area contributed by atoms with E-state index in [-0.39, 0.29) is 10.9 Å². The third-order valence-corrected chi connectivity index (χ3v) is 5.32. The molecule has 4 nitrogen and oxygen atoms in total. The Kier molecular flexibility index (Phi) is 4.47. The van der Waals surface area contributed by atoms with Crippen LogP contribution < -0.4 is 10.0 Å². The van der Waals surface area contributed by atoms with Crippen LogP contribution in [0.2, 0.25) is 0 Å². The molecule has 1 heterocycles. The second-order valence-electron chi connectivity index (χ2n) is 4.61. The zero-order valence-electron chi connectivity index (χ0n) is 11.7. The lowest BCUT2D eigenvalue weighted by Gasteiger charge is -2.17. The summed E-state index contributed by atoms with van der Waals surface area (Å²) in [4.78, 5) is 0.269. The van der Waals surface area contributed by atoms with Crippen molar-refractivity contribution in [3.8, 4) is 0 Å². The fourth-order valence-electron chi connectivity index (χ4n) is 1.88. The van der Waals surface area contributed by atoms with Gasteiger partial charge in [0.05, 0.1) is 4.90 Å². The normalized spacial score (nSPS) is 13.2. The van der Waals surface area contributed by atoms with E-state index in [1.165, 1.54) is 12.6 Å². The molecule has 1 aromatic heterocycles. The van der Waals surface area contributed by atoms with E-state index in [0.29, 0.717) is 0 Å². The Morgan fingerprint density at radius 2 is 2.00 bits per heavy atom. The summed E-state index contributed by atoms with van der Waals surface area (Å²) in [7, 11) is -2.00. The Morgan fingerprint density at radius 1 is 1.25 bits per heavy atom. The predicted octanol–water partition coefficient (Wildman–Crippen LogP) is 3.14. The van der Waals surface area contributed by atoms with Gasteiger partial charge in [-0.15, -0.1) is 0 Å². The van der Waals surface area contributed by atoms with E-state index in [0.717, 1.165) is 11.3 Å². The van der Waals surface area contributed by atoms with Gasteiger partial charge in [-0.1, -0.05) is 6.07 Å². The molecular weight excluding hydrogens is 292 g/mol. The maximum absolute atomic E-state index is 11.8. The summed E-state index contributed by atoms with van der Waals surface area (Å²) in [5, 5.41) is 7.48. The monoisotopic (exact) mass is 310 g/mol. The van der Waals surface area contributed by atoms with Crippen molar-refractivity contribution in [3.63, 3.8) is 0 Å². The summed E-state index contributed by atoms with van der Waals surface area (Å²) in [6, 6.07) is 7.29. The van der Waals surface area contributed by atoms with E-state index in [1.54, 1.807) is 23.5 Å². The molecule has 0 saturated carbocycles. The first-order valence-electron chi connectivity index (χ1n) is 6.27. The smallest absolute Gasteiger partial charge is 0.240 e. The van der Waals surface area contributed by atoms with Crippen molar-refractivity contribution in [1.82, 2.24) is 4.72 Å². The SMILES string of the molecule is CNS(=O)(=O)c1ccc(C)c(NC(C)c2ccsc2)c1. The van der Waals surface area contributed by atoms with Gasteiger partial charge in [0, 0.05) is 11.7 Å². The van der Waals surface area contributed by atoms with Gasteiger partial charge < -0.3 is 5.32 Å². The largest absolute Gasteiger partial charge is 0.378 e. The van der Waals surface area contributed by atoms with Gasteiger partial charge in [0.2, 0.25) is 10.0 Å². The van der Waals surface area contributed by atoms with Crippen molar-refractivity contribution in [1.29, 1.82) is 0 Å². The van der Waals surface area contributed by atoms with Gasteiger partial charge in [-0.25, -0.2) is 13.1 Å². The Balaban J connectivity index is 2.30. The quantitative estimate of drug-likeness (QED) is 0.892. The molecule has 1 atom stereocenters. The second-order valence-corrected chi connectivity index (χ2v) is 7.27. The summed E-state index contributed by atoms with van der Waals surface area (Å²) in [6.07, 6.45) is 0. The maximum Gasteiger partial charge on any atom is 0.240 e. The van der Waals surface area contributed by atoms with Crippen molar-refractivity contribution < 1.29 is 8.42 Å². The zero-order valence-corrected chi connectivity index (χ0v) is 13.3. The van der Waals surface area contributed by atoms with E-state index in [9.17, 15) is 8.42 Å². The number of anilines is 1. The summed E-state index contributed by atoms with van der Waals surface area (Å²) in [5.74, 6) is 0. The summed E-state index contributed by atoms with van der Waals surface area (Å²) >= 11 is 1.65. The van der Waals surface area contributed by atoms with E-state index in [1.807, 2.05) is 18.4 Å². The van der Waals surface area contributed by atoms with Crippen molar-refractivity contribution in [2.24, 2.45) is 0 Å². The highest BCUT2D eigenvalue weighted by molar-refractivity contribution is 7.89. The number of hydrogen-bond donors (Lipinski definition) is 2. The molecule has 0 aliphatic heterocycles. The average molecular weight is 310 g/mol. The first kappa shape index (κ1) is 15.0. The van der Waals surface area contributed by atoms with Crippen LogP contribution in [0.3, 0.4) is 0 Å². The van der Waals surface area contributed by atoms with E-state index in [2.05, 4.69) is 28.4 Å². The molecule has 0 saturated heterocycles. The number of rotatable bonds is 5. The minimum Gasteiger partial charge on any atom is -0.378 e. The van der Waals surface area contributed by atoms with Gasteiger partial charge in [0.15, 0.2) is 0 Å². The van der Waals surface area contributed by atoms with Crippen LogP contribution in [0.5, 0.6) is 0 Å². The molecule has 0 aliphatic rings. The molecule has 2 aromatic rings. The average Bonchev–Trinajstić information content (AvgIpc) is 2.95. The van der Waals surface area contributed by atoms with Crippen LogP contribution in [0.15, 0.2) is 39.9 Å². The molecule has 0 spiro atoms. The molecule has 0 radical (unpaired) electrons. The number of nitrogens with one attached hydrogen (secondary N) is 2. The summed E-state index contributed by atoms with van der Waals surface area (Å²) in [5.41, 5.74) is 3.04. The van der Waals surface area contributed by atoms with Crippen molar-refractivity contribution in [3.05, 3.63) is 46.2 Å². The molecule has 1 unspecified atom stereocenters. The van der Waals surface area contributed by atoms with Crippen LogP contribution in [0.25, 0.3) is 0 Å². The van der Waals surface area contributed by atoms with Crippen molar-refractivity contribution >= 4 is 27.0 Å². The molecule has 0 aliphatic carbocycles.